The molecule has 1 aromatic rings. The Morgan fingerprint density at radius 1 is 1.40 bits per heavy atom. The lowest BCUT2D eigenvalue weighted by molar-refractivity contribution is 0.334. The average Bonchev–Trinajstić information content (AvgIpc) is 2.17. The highest BCUT2D eigenvalue weighted by Crippen LogP contribution is 2.28. The second-order valence-electron chi connectivity index (χ2n) is 3.67. The maximum absolute atomic E-state index is 9.72. The molecule has 0 aromatic heterocycles. The van der Waals surface area contributed by atoms with Gasteiger partial charge in [-0.15, -0.1) is 0 Å². The lowest BCUT2D eigenvalue weighted by Gasteiger charge is -2.10. The first-order valence-electron chi connectivity index (χ1n) is 5.22. The molecular formula is C13H18O2. The van der Waals surface area contributed by atoms with E-state index in [1.54, 1.807) is 12.1 Å². The van der Waals surface area contributed by atoms with E-state index in [4.69, 9.17) is 4.74 Å². The first kappa shape index (κ1) is 11.6. The third-order valence-corrected chi connectivity index (χ3v) is 2.12. The summed E-state index contributed by atoms with van der Waals surface area (Å²) in [6.07, 6.45) is 2.79. The van der Waals surface area contributed by atoms with Crippen LogP contribution in [-0.2, 0) is 6.42 Å². The zero-order chi connectivity index (χ0) is 11.3. The third-order valence-electron chi connectivity index (χ3n) is 2.12. The van der Waals surface area contributed by atoms with E-state index >= 15 is 0 Å². The minimum absolute atomic E-state index is 0.304. The van der Waals surface area contributed by atoms with Crippen LogP contribution in [0.25, 0.3) is 0 Å². The Bertz CT molecular complexity index is 350. The van der Waals surface area contributed by atoms with Gasteiger partial charge in [-0.05, 0) is 39.3 Å². The van der Waals surface area contributed by atoms with Gasteiger partial charge in [0.15, 0.2) is 0 Å². The molecule has 2 heteroatoms. The van der Waals surface area contributed by atoms with E-state index in [9.17, 15) is 5.11 Å². The number of rotatable bonds is 4. The maximum atomic E-state index is 9.72. The molecule has 0 saturated carbocycles. The SMILES string of the molecule is CCOc1cccc(O)c1CC=C(C)C. The Morgan fingerprint density at radius 3 is 2.73 bits per heavy atom. The predicted molar refractivity (Wildman–Crippen MR) is 62.4 cm³/mol. The molecule has 1 N–H and O–H groups in total. The molecule has 1 rings (SSSR count). The van der Waals surface area contributed by atoms with Crippen LogP contribution in [0.3, 0.4) is 0 Å². The van der Waals surface area contributed by atoms with Gasteiger partial charge < -0.3 is 9.84 Å². The second kappa shape index (κ2) is 5.44. The number of benzene rings is 1. The molecule has 0 saturated heterocycles. The molecule has 0 fully saturated rings. The summed E-state index contributed by atoms with van der Waals surface area (Å²) in [5.74, 6) is 1.08. The smallest absolute Gasteiger partial charge is 0.126 e. The summed E-state index contributed by atoms with van der Waals surface area (Å²) in [5.41, 5.74) is 2.10. The topological polar surface area (TPSA) is 29.5 Å². The average molecular weight is 206 g/mol. The fraction of sp³-hybridized carbons (Fsp3) is 0.385. The number of hydrogen-bond donors (Lipinski definition) is 1. The predicted octanol–water partition coefficient (Wildman–Crippen LogP) is 3.30. The van der Waals surface area contributed by atoms with Crippen LogP contribution in [0.15, 0.2) is 29.8 Å². The molecule has 0 aliphatic carbocycles. The summed E-state index contributed by atoms with van der Waals surface area (Å²) in [6.45, 7) is 6.64. The largest absolute Gasteiger partial charge is 0.508 e. The summed E-state index contributed by atoms with van der Waals surface area (Å²) in [5, 5.41) is 9.72. The quantitative estimate of drug-likeness (QED) is 0.766. The number of phenolic OH excluding ortho intramolecular Hbond substituents is 1. The van der Waals surface area contributed by atoms with Crippen LogP contribution in [0.2, 0.25) is 0 Å². The van der Waals surface area contributed by atoms with Crippen molar-refractivity contribution in [3.63, 3.8) is 0 Å². The molecule has 2 nitrogen and oxygen atoms in total. The zero-order valence-electron chi connectivity index (χ0n) is 9.58. The number of phenols is 1. The highest BCUT2D eigenvalue weighted by Gasteiger charge is 2.06. The Kier molecular flexibility index (Phi) is 4.22. The van der Waals surface area contributed by atoms with Crippen LogP contribution in [-0.4, -0.2) is 11.7 Å². The molecule has 0 spiro atoms. The summed E-state index contributed by atoms with van der Waals surface area (Å²) in [7, 11) is 0. The molecule has 0 bridgehead atoms. The summed E-state index contributed by atoms with van der Waals surface area (Å²) < 4.78 is 5.46. The fourth-order valence-corrected chi connectivity index (χ4v) is 1.36. The van der Waals surface area contributed by atoms with Crippen molar-refractivity contribution in [1.82, 2.24) is 0 Å². The molecule has 15 heavy (non-hydrogen) atoms. The lowest BCUT2D eigenvalue weighted by Crippen LogP contribution is -1.96. The Morgan fingerprint density at radius 2 is 2.13 bits per heavy atom. The van der Waals surface area contributed by atoms with Crippen molar-refractivity contribution in [2.75, 3.05) is 6.61 Å². The van der Waals surface area contributed by atoms with Crippen molar-refractivity contribution in [2.45, 2.75) is 27.2 Å². The van der Waals surface area contributed by atoms with Crippen molar-refractivity contribution < 1.29 is 9.84 Å². The second-order valence-corrected chi connectivity index (χ2v) is 3.67. The van der Waals surface area contributed by atoms with Gasteiger partial charge in [0.2, 0.25) is 0 Å². The van der Waals surface area contributed by atoms with E-state index in [-0.39, 0.29) is 0 Å². The van der Waals surface area contributed by atoms with Crippen molar-refractivity contribution in [3.8, 4) is 11.5 Å². The van der Waals surface area contributed by atoms with Crippen molar-refractivity contribution in [2.24, 2.45) is 0 Å². The molecule has 0 unspecified atom stereocenters. The molecule has 1 aromatic carbocycles. The van der Waals surface area contributed by atoms with Crippen LogP contribution >= 0.6 is 0 Å². The lowest BCUT2D eigenvalue weighted by atomic mass is 10.1. The van der Waals surface area contributed by atoms with E-state index < -0.39 is 0 Å². The number of ether oxygens (including phenoxy) is 1. The van der Waals surface area contributed by atoms with Gasteiger partial charge in [0.1, 0.15) is 11.5 Å². The van der Waals surface area contributed by atoms with E-state index in [0.29, 0.717) is 18.8 Å². The molecule has 0 heterocycles. The van der Waals surface area contributed by atoms with Gasteiger partial charge in [0, 0.05) is 5.56 Å². The van der Waals surface area contributed by atoms with Gasteiger partial charge >= 0.3 is 0 Å². The number of allylic oxidation sites excluding steroid dienone is 2. The first-order chi connectivity index (χ1) is 7.15. The van der Waals surface area contributed by atoms with Gasteiger partial charge in [-0.25, -0.2) is 0 Å². The van der Waals surface area contributed by atoms with Crippen molar-refractivity contribution >= 4 is 0 Å². The molecule has 0 amide bonds. The van der Waals surface area contributed by atoms with Gasteiger partial charge in [0.05, 0.1) is 6.61 Å². The van der Waals surface area contributed by atoms with E-state index in [1.165, 1.54) is 5.57 Å². The fourth-order valence-electron chi connectivity index (χ4n) is 1.36. The highest BCUT2D eigenvalue weighted by atomic mass is 16.5. The first-order valence-corrected chi connectivity index (χ1v) is 5.22. The number of hydrogen-bond acceptors (Lipinski definition) is 2. The van der Waals surface area contributed by atoms with E-state index in [0.717, 1.165) is 11.3 Å². The van der Waals surface area contributed by atoms with E-state index in [2.05, 4.69) is 6.08 Å². The van der Waals surface area contributed by atoms with Crippen LogP contribution in [0, 0.1) is 0 Å². The summed E-state index contributed by atoms with van der Waals surface area (Å²) in [4.78, 5) is 0. The van der Waals surface area contributed by atoms with Crippen LogP contribution in [0.4, 0.5) is 0 Å². The zero-order valence-corrected chi connectivity index (χ0v) is 9.58. The maximum Gasteiger partial charge on any atom is 0.126 e. The molecule has 82 valence electrons. The Labute approximate surface area is 91.2 Å². The number of aromatic hydroxyl groups is 1. The highest BCUT2D eigenvalue weighted by molar-refractivity contribution is 5.45. The third kappa shape index (κ3) is 3.31. The van der Waals surface area contributed by atoms with E-state index in [1.807, 2.05) is 26.8 Å². The Hall–Kier alpha value is -1.44. The van der Waals surface area contributed by atoms with Gasteiger partial charge in [-0.1, -0.05) is 17.7 Å². The molecule has 0 atom stereocenters. The Balaban J connectivity index is 2.96. The minimum atomic E-state index is 0.304. The standard InChI is InChI=1S/C13H18O2/c1-4-15-13-7-5-6-12(14)11(13)9-8-10(2)3/h5-8,14H,4,9H2,1-3H3. The van der Waals surface area contributed by atoms with Crippen LogP contribution in [0.5, 0.6) is 11.5 Å². The van der Waals surface area contributed by atoms with Crippen LogP contribution < -0.4 is 4.74 Å². The molecule has 0 aliphatic rings. The van der Waals surface area contributed by atoms with Crippen molar-refractivity contribution in [1.29, 1.82) is 0 Å². The monoisotopic (exact) mass is 206 g/mol. The molecule has 0 radical (unpaired) electrons. The molecule has 0 aliphatic heterocycles. The minimum Gasteiger partial charge on any atom is -0.508 e. The molecular weight excluding hydrogens is 188 g/mol. The summed E-state index contributed by atoms with van der Waals surface area (Å²) >= 11 is 0. The van der Waals surface area contributed by atoms with Gasteiger partial charge in [-0.2, -0.15) is 0 Å². The van der Waals surface area contributed by atoms with Crippen LogP contribution in [0.1, 0.15) is 26.3 Å². The van der Waals surface area contributed by atoms with Gasteiger partial charge in [-0.3, -0.25) is 0 Å². The summed E-state index contributed by atoms with van der Waals surface area (Å²) in [6, 6.07) is 5.38. The normalized spacial score (nSPS) is 9.80. The van der Waals surface area contributed by atoms with Gasteiger partial charge in [0.25, 0.3) is 0 Å². The van der Waals surface area contributed by atoms with Crippen molar-refractivity contribution in [3.05, 3.63) is 35.4 Å².